The monoisotopic (exact) mass is 400 g/mol. The topological polar surface area (TPSA) is 59.1 Å². The van der Waals surface area contributed by atoms with Gasteiger partial charge < -0.3 is 14.4 Å². The summed E-state index contributed by atoms with van der Waals surface area (Å²) in [5, 5.41) is 0.298. The number of carbonyl (C=O) groups excluding carboxylic acids is 2. The maximum Gasteiger partial charge on any atom is 0.410 e. The Morgan fingerprint density at radius 2 is 2.07 bits per heavy atom. The molecule has 1 aromatic rings. The van der Waals surface area contributed by atoms with Crippen LogP contribution in [0.15, 0.2) is 18.2 Å². The van der Waals surface area contributed by atoms with Gasteiger partial charge in [-0.25, -0.2) is 9.18 Å². The average Bonchev–Trinajstić information content (AvgIpc) is 3.05. The van der Waals surface area contributed by atoms with E-state index >= 15 is 0 Å². The minimum atomic E-state index is -0.582. The maximum atomic E-state index is 14.2. The van der Waals surface area contributed by atoms with Gasteiger partial charge >= 0.3 is 12.1 Å². The second-order valence-electron chi connectivity index (χ2n) is 7.55. The van der Waals surface area contributed by atoms with Gasteiger partial charge in [-0.05, 0) is 39.3 Å². The zero-order chi connectivity index (χ0) is 20.2. The first-order valence-electron chi connectivity index (χ1n) is 8.82. The highest BCUT2D eigenvalue weighted by Crippen LogP contribution is 2.25. The molecule has 1 aliphatic heterocycles. The third kappa shape index (κ3) is 6.07. The van der Waals surface area contributed by atoms with Crippen LogP contribution >= 0.6 is 11.6 Å². The molecule has 0 saturated carbocycles. The molecule has 0 bridgehead atoms. The van der Waals surface area contributed by atoms with E-state index in [1.54, 1.807) is 15.9 Å². The summed E-state index contributed by atoms with van der Waals surface area (Å²) in [5.41, 5.74) is -0.263. The first-order chi connectivity index (χ1) is 12.6. The Balaban J connectivity index is 2.13. The molecular weight excluding hydrogens is 375 g/mol. The van der Waals surface area contributed by atoms with Crippen LogP contribution in [0.3, 0.4) is 0 Å². The van der Waals surface area contributed by atoms with E-state index in [2.05, 4.69) is 0 Å². The van der Waals surface area contributed by atoms with Gasteiger partial charge in [-0.1, -0.05) is 17.7 Å². The molecule has 0 unspecified atom stereocenters. The molecule has 27 heavy (non-hydrogen) atoms. The minimum absolute atomic E-state index is 0.0199. The number of likely N-dealkylation sites (tertiary alicyclic amines) is 1. The van der Waals surface area contributed by atoms with Gasteiger partial charge in [-0.15, -0.1) is 0 Å². The van der Waals surface area contributed by atoms with Crippen molar-refractivity contribution in [3.63, 3.8) is 0 Å². The molecule has 0 aromatic heterocycles. The molecule has 0 N–H and O–H groups in total. The number of rotatable bonds is 5. The molecule has 0 spiro atoms. The van der Waals surface area contributed by atoms with Gasteiger partial charge in [0.05, 0.1) is 13.7 Å². The highest BCUT2D eigenvalue weighted by Gasteiger charge is 2.34. The minimum Gasteiger partial charge on any atom is -0.468 e. The second-order valence-corrected chi connectivity index (χ2v) is 7.96. The van der Waals surface area contributed by atoms with Gasteiger partial charge in [0.15, 0.2) is 0 Å². The maximum absolute atomic E-state index is 14.2. The lowest BCUT2D eigenvalue weighted by Crippen LogP contribution is -2.42. The summed E-state index contributed by atoms with van der Waals surface area (Å²) in [7, 11) is 1.30. The summed E-state index contributed by atoms with van der Waals surface area (Å²) in [6, 6.07) is 4.34. The first kappa shape index (κ1) is 21.4. The van der Waals surface area contributed by atoms with E-state index in [1.807, 2.05) is 20.8 Å². The third-order valence-corrected chi connectivity index (χ3v) is 4.67. The molecule has 8 heteroatoms. The number of carbonyl (C=O) groups is 2. The molecule has 1 aromatic carbocycles. The van der Waals surface area contributed by atoms with Crippen molar-refractivity contribution >= 4 is 23.7 Å². The van der Waals surface area contributed by atoms with Crippen LogP contribution in [0.25, 0.3) is 0 Å². The van der Waals surface area contributed by atoms with E-state index < -0.39 is 23.5 Å². The quantitative estimate of drug-likeness (QED) is 0.708. The number of amides is 1. The van der Waals surface area contributed by atoms with Crippen LogP contribution in [0.5, 0.6) is 0 Å². The van der Waals surface area contributed by atoms with Crippen LogP contribution in [0.1, 0.15) is 32.8 Å². The summed E-state index contributed by atoms with van der Waals surface area (Å²) in [4.78, 5) is 27.5. The zero-order valence-electron chi connectivity index (χ0n) is 16.1. The van der Waals surface area contributed by atoms with Gasteiger partial charge in [0.2, 0.25) is 0 Å². The number of methoxy groups -OCH3 is 1. The lowest BCUT2D eigenvalue weighted by molar-refractivity contribution is -0.142. The van der Waals surface area contributed by atoms with Crippen molar-refractivity contribution in [1.82, 2.24) is 9.80 Å². The zero-order valence-corrected chi connectivity index (χ0v) is 16.9. The highest BCUT2D eigenvalue weighted by atomic mass is 35.5. The standard InChI is InChI=1S/C19H26ClFN2O4/c1-19(2,3)27-18(25)22-9-8-13(10-22)23(12-17(24)26-4)11-14-15(20)6-5-7-16(14)21/h5-7,13H,8-12H2,1-4H3/t13-/m0/s1. The van der Waals surface area contributed by atoms with Crippen molar-refractivity contribution in [3.8, 4) is 0 Å². The molecule has 1 fully saturated rings. The summed E-state index contributed by atoms with van der Waals surface area (Å²) in [6.45, 7) is 6.44. The van der Waals surface area contributed by atoms with E-state index in [1.165, 1.54) is 19.2 Å². The Bertz CT molecular complexity index is 673. The van der Waals surface area contributed by atoms with Crippen LogP contribution in [0.4, 0.5) is 9.18 Å². The largest absolute Gasteiger partial charge is 0.468 e. The van der Waals surface area contributed by atoms with E-state index in [9.17, 15) is 14.0 Å². The van der Waals surface area contributed by atoms with Crippen molar-refractivity contribution in [3.05, 3.63) is 34.6 Å². The molecule has 6 nitrogen and oxygen atoms in total. The van der Waals surface area contributed by atoms with E-state index in [0.29, 0.717) is 30.1 Å². The van der Waals surface area contributed by atoms with Crippen LogP contribution in [0, 0.1) is 5.82 Å². The Morgan fingerprint density at radius 1 is 1.37 bits per heavy atom. The lowest BCUT2D eigenvalue weighted by atomic mass is 10.1. The van der Waals surface area contributed by atoms with Gasteiger partial charge in [0, 0.05) is 36.3 Å². The Kier molecular flexibility index (Phi) is 7.06. The molecular formula is C19H26ClFN2O4. The molecule has 0 aliphatic carbocycles. The Hall–Kier alpha value is -1.86. The van der Waals surface area contributed by atoms with Crippen molar-refractivity contribution in [2.75, 3.05) is 26.7 Å². The van der Waals surface area contributed by atoms with Gasteiger partial charge in [0.25, 0.3) is 0 Å². The second kappa shape index (κ2) is 8.89. The SMILES string of the molecule is COC(=O)CN(Cc1c(F)cccc1Cl)[C@H]1CCN(C(=O)OC(C)(C)C)C1. The van der Waals surface area contributed by atoms with Gasteiger partial charge in [0.1, 0.15) is 11.4 Å². The Morgan fingerprint density at radius 3 is 2.67 bits per heavy atom. The molecule has 150 valence electrons. The molecule has 1 atom stereocenters. The summed E-state index contributed by atoms with van der Waals surface area (Å²) >= 11 is 6.14. The molecule has 2 rings (SSSR count). The normalized spacial score (nSPS) is 17.3. The fraction of sp³-hybridized carbons (Fsp3) is 0.579. The summed E-state index contributed by atoms with van der Waals surface area (Å²) in [6.07, 6.45) is 0.245. The fourth-order valence-corrected chi connectivity index (χ4v) is 3.19. The predicted molar refractivity (Wildman–Crippen MR) is 100 cm³/mol. The smallest absolute Gasteiger partial charge is 0.410 e. The molecule has 1 aliphatic rings. The number of hydrogen-bond donors (Lipinski definition) is 0. The number of ether oxygens (including phenoxy) is 2. The summed E-state index contributed by atoms with van der Waals surface area (Å²) in [5.74, 6) is -0.863. The lowest BCUT2D eigenvalue weighted by Gasteiger charge is -2.29. The molecule has 1 saturated heterocycles. The van der Waals surface area contributed by atoms with E-state index in [4.69, 9.17) is 21.1 Å². The van der Waals surface area contributed by atoms with Gasteiger partial charge in [-0.3, -0.25) is 9.69 Å². The molecule has 1 heterocycles. The number of nitrogens with zero attached hydrogens (tertiary/aromatic N) is 2. The van der Waals surface area contributed by atoms with Crippen molar-refractivity contribution in [2.45, 2.75) is 45.4 Å². The van der Waals surface area contributed by atoms with Gasteiger partial charge in [-0.2, -0.15) is 0 Å². The van der Waals surface area contributed by atoms with Crippen molar-refractivity contribution < 1.29 is 23.5 Å². The summed E-state index contributed by atoms with van der Waals surface area (Å²) < 4.78 is 24.4. The van der Waals surface area contributed by atoms with Crippen LogP contribution in [0.2, 0.25) is 5.02 Å². The van der Waals surface area contributed by atoms with Crippen LogP contribution < -0.4 is 0 Å². The number of hydrogen-bond acceptors (Lipinski definition) is 5. The number of halogens is 2. The third-order valence-electron chi connectivity index (χ3n) is 4.31. The number of benzene rings is 1. The average molecular weight is 401 g/mol. The van der Waals surface area contributed by atoms with Crippen molar-refractivity contribution in [1.29, 1.82) is 0 Å². The first-order valence-corrected chi connectivity index (χ1v) is 9.20. The highest BCUT2D eigenvalue weighted by molar-refractivity contribution is 6.31. The molecule has 0 radical (unpaired) electrons. The van der Waals surface area contributed by atoms with Crippen LogP contribution in [-0.2, 0) is 20.8 Å². The Labute approximate surface area is 164 Å². The van der Waals surface area contributed by atoms with E-state index in [-0.39, 0.29) is 19.1 Å². The predicted octanol–water partition coefficient (Wildman–Crippen LogP) is 3.46. The van der Waals surface area contributed by atoms with Crippen molar-refractivity contribution in [2.24, 2.45) is 0 Å². The molecule has 1 amide bonds. The number of esters is 1. The fourth-order valence-electron chi connectivity index (χ4n) is 2.96. The van der Waals surface area contributed by atoms with Crippen LogP contribution in [-0.4, -0.2) is 60.2 Å². The van der Waals surface area contributed by atoms with E-state index in [0.717, 1.165) is 0 Å².